The van der Waals surface area contributed by atoms with Crippen molar-refractivity contribution in [2.75, 3.05) is 31.1 Å². The zero-order chi connectivity index (χ0) is 13.9. The van der Waals surface area contributed by atoms with Crippen molar-refractivity contribution in [3.8, 4) is 0 Å². The van der Waals surface area contributed by atoms with Gasteiger partial charge in [0.05, 0.1) is 6.61 Å². The van der Waals surface area contributed by atoms with Gasteiger partial charge in [-0.1, -0.05) is 6.07 Å². The molecule has 5 nitrogen and oxygen atoms in total. The molecule has 0 radical (unpaired) electrons. The lowest BCUT2D eigenvalue weighted by molar-refractivity contribution is 0.0519. The van der Waals surface area contributed by atoms with Gasteiger partial charge in [-0.2, -0.15) is 0 Å². The van der Waals surface area contributed by atoms with E-state index in [4.69, 9.17) is 4.74 Å². The number of ether oxygens (including phenoxy) is 1. The summed E-state index contributed by atoms with van der Waals surface area (Å²) in [5.41, 5.74) is 0.426. The van der Waals surface area contributed by atoms with E-state index < -0.39 is 0 Å². The fourth-order valence-electron chi connectivity index (χ4n) is 2.26. The van der Waals surface area contributed by atoms with E-state index in [1.54, 1.807) is 13.0 Å². The van der Waals surface area contributed by atoms with Gasteiger partial charge in [0.25, 0.3) is 0 Å². The van der Waals surface area contributed by atoms with Gasteiger partial charge in [0, 0.05) is 25.2 Å². The molecule has 0 aliphatic carbocycles. The van der Waals surface area contributed by atoms with Gasteiger partial charge in [0.15, 0.2) is 5.69 Å². The summed E-state index contributed by atoms with van der Waals surface area (Å²) in [6, 6.07) is 5.47. The van der Waals surface area contributed by atoms with Crippen molar-refractivity contribution in [1.29, 1.82) is 0 Å². The van der Waals surface area contributed by atoms with E-state index in [2.05, 4.69) is 29.0 Å². The Bertz CT molecular complexity index is 460. The van der Waals surface area contributed by atoms with E-state index in [1.165, 1.54) is 0 Å². The number of hydrogen-bond acceptors (Lipinski definition) is 5. The second-order valence-corrected chi connectivity index (χ2v) is 5.33. The molecule has 0 amide bonds. The summed E-state index contributed by atoms with van der Waals surface area (Å²) in [4.78, 5) is 18.3. The fourth-order valence-corrected chi connectivity index (χ4v) is 2.26. The number of esters is 1. The predicted molar refractivity (Wildman–Crippen MR) is 74.5 cm³/mol. The van der Waals surface area contributed by atoms with Crippen LogP contribution in [0.15, 0.2) is 18.2 Å². The van der Waals surface area contributed by atoms with Crippen LogP contribution in [0.1, 0.15) is 31.3 Å². The highest BCUT2D eigenvalue weighted by Gasteiger charge is 2.26. The maximum atomic E-state index is 11.7. The zero-order valence-corrected chi connectivity index (χ0v) is 11.8. The van der Waals surface area contributed by atoms with Crippen molar-refractivity contribution in [3.63, 3.8) is 0 Å². The largest absolute Gasteiger partial charge is 0.461 e. The Balaban J connectivity index is 2.16. The van der Waals surface area contributed by atoms with Gasteiger partial charge in [-0.05, 0) is 32.9 Å². The van der Waals surface area contributed by atoms with Gasteiger partial charge >= 0.3 is 5.97 Å². The molecule has 5 heteroatoms. The molecular formula is C14H21N3O2. The van der Waals surface area contributed by atoms with E-state index in [0.717, 1.165) is 25.5 Å². The van der Waals surface area contributed by atoms with E-state index >= 15 is 0 Å². The molecule has 1 saturated heterocycles. The number of piperazine rings is 1. The van der Waals surface area contributed by atoms with E-state index in [9.17, 15) is 4.79 Å². The number of aromatic nitrogens is 1. The van der Waals surface area contributed by atoms with E-state index in [1.807, 2.05) is 12.1 Å². The first-order valence-corrected chi connectivity index (χ1v) is 6.66. The second-order valence-electron chi connectivity index (χ2n) is 5.33. The van der Waals surface area contributed by atoms with Crippen LogP contribution < -0.4 is 10.2 Å². The van der Waals surface area contributed by atoms with Crippen molar-refractivity contribution >= 4 is 11.8 Å². The Labute approximate surface area is 114 Å². The predicted octanol–water partition coefficient (Wildman–Crippen LogP) is 1.45. The number of pyridine rings is 1. The SMILES string of the molecule is CCOC(=O)c1cccc(N2CCNC(C)(C)C2)n1. The van der Waals surface area contributed by atoms with Crippen LogP contribution in [0, 0.1) is 0 Å². The number of carbonyl (C=O) groups excluding carboxylic acids is 1. The number of carbonyl (C=O) groups is 1. The normalized spacial score (nSPS) is 18.2. The highest BCUT2D eigenvalue weighted by Crippen LogP contribution is 2.18. The van der Waals surface area contributed by atoms with Gasteiger partial charge in [-0.25, -0.2) is 9.78 Å². The van der Waals surface area contributed by atoms with Crippen LogP contribution >= 0.6 is 0 Å². The standard InChI is InChI=1S/C14H21N3O2/c1-4-19-13(18)11-6-5-7-12(16-11)17-9-8-15-14(2,3)10-17/h5-7,15H,4,8-10H2,1-3H3. The number of anilines is 1. The first kappa shape index (κ1) is 13.8. The number of hydrogen-bond donors (Lipinski definition) is 1. The van der Waals surface area contributed by atoms with Crippen molar-refractivity contribution in [3.05, 3.63) is 23.9 Å². The molecule has 0 bridgehead atoms. The first-order valence-electron chi connectivity index (χ1n) is 6.66. The third-order valence-electron chi connectivity index (χ3n) is 3.11. The van der Waals surface area contributed by atoms with Gasteiger partial charge in [0.2, 0.25) is 0 Å². The fraction of sp³-hybridized carbons (Fsp3) is 0.571. The molecule has 0 aromatic carbocycles. The van der Waals surface area contributed by atoms with Gasteiger partial charge in [-0.3, -0.25) is 0 Å². The minimum absolute atomic E-state index is 0.0554. The summed E-state index contributed by atoms with van der Waals surface area (Å²) in [7, 11) is 0. The Morgan fingerprint density at radius 2 is 2.32 bits per heavy atom. The molecule has 0 unspecified atom stereocenters. The van der Waals surface area contributed by atoms with E-state index in [-0.39, 0.29) is 11.5 Å². The third kappa shape index (κ3) is 3.44. The molecule has 1 aliphatic rings. The minimum Gasteiger partial charge on any atom is -0.461 e. The molecule has 0 spiro atoms. The van der Waals surface area contributed by atoms with Crippen molar-refractivity contribution in [1.82, 2.24) is 10.3 Å². The molecule has 0 atom stereocenters. The van der Waals surface area contributed by atoms with Crippen LogP contribution in [-0.4, -0.2) is 42.7 Å². The van der Waals surface area contributed by atoms with Gasteiger partial charge in [-0.15, -0.1) is 0 Å². The van der Waals surface area contributed by atoms with Gasteiger partial charge in [0.1, 0.15) is 5.82 Å². The van der Waals surface area contributed by atoms with Crippen LogP contribution in [0.25, 0.3) is 0 Å². The Morgan fingerprint density at radius 1 is 1.53 bits per heavy atom. The highest BCUT2D eigenvalue weighted by molar-refractivity contribution is 5.87. The third-order valence-corrected chi connectivity index (χ3v) is 3.11. The highest BCUT2D eigenvalue weighted by atomic mass is 16.5. The lowest BCUT2D eigenvalue weighted by Crippen LogP contribution is -2.57. The molecule has 1 aromatic rings. The molecule has 19 heavy (non-hydrogen) atoms. The summed E-state index contributed by atoms with van der Waals surface area (Å²) in [5, 5.41) is 3.45. The second kappa shape index (κ2) is 5.57. The Kier molecular flexibility index (Phi) is 4.04. The molecular weight excluding hydrogens is 242 g/mol. The molecule has 1 aliphatic heterocycles. The minimum atomic E-state index is -0.362. The van der Waals surface area contributed by atoms with E-state index in [0.29, 0.717) is 12.3 Å². The molecule has 1 N–H and O–H groups in total. The van der Waals surface area contributed by atoms with Crippen LogP contribution in [0.4, 0.5) is 5.82 Å². The average Bonchev–Trinajstić information content (AvgIpc) is 2.38. The van der Waals surface area contributed by atoms with Crippen LogP contribution in [-0.2, 0) is 4.74 Å². The molecule has 104 valence electrons. The number of nitrogens with zero attached hydrogens (tertiary/aromatic N) is 2. The Hall–Kier alpha value is -1.62. The first-order chi connectivity index (χ1) is 9.02. The summed E-state index contributed by atoms with van der Waals surface area (Å²) in [6.45, 7) is 9.15. The number of rotatable bonds is 3. The molecule has 2 heterocycles. The molecule has 1 fully saturated rings. The zero-order valence-electron chi connectivity index (χ0n) is 11.8. The van der Waals surface area contributed by atoms with Crippen LogP contribution in [0.2, 0.25) is 0 Å². The van der Waals surface area contributed by atoms with Crippen molar-refractivity contribution in [2.45, 2.75) is 26.3 Å². The summed E-state index contributed by atoms with van der Waals surface area (Å²) >= 11 is 0. The van der Waals surface area contributed by atoms with Gasteiger partial charge < -0.3 is 15.0 Å². The van der Waals surface area contributed by atoms with Crippen molar-refractivity contribution in [2.24, 2.45) is 0 Å². The monoisotopic (exact) mass is 263 g/mol. The molecule has 2 rings (SSSR count). The van der Waals surface area contributed by atoms with Crippen LogP contribution in [0.5, 0.6) is 0 Å². The summed E-state index contributed by atoms with van der Waals surface area (Å²) in [6.07, 6.45) is 0. The maximum absolute atomic E-state index is 11.7. The lowest BCUT2D eigenvalue weighted by atomic mass is 10.0. The maximum Gasteiger partial charge on any atom is 0.356 e. The summed E-state index contributed by atoms with van der Waals surface area (Å²) in [5.74, 6) is 0.471. The summed E-state index contributed by atoms with van der Waals surface area (Å²) < 4.78 is 4.98. The van der Waals surface area contributed by atoms with Crippen molar-refractivity contribution < 1.29 is 9.53 Å². The quantitative estimate of drug-likeness (QED) is 0.836. The Morgan fingerprint density at radius 3 is 3.00 bits per heavy atom. The molecule has 0 saturated carbocycles. The topological polar surface area (TPSA) is 54.5 Å². The van der Waals surface area contributed by atoms with Crippen LogP contribution in [0.3, 0.4) is 0 Å². The number of nitrogens with one attached hydrogen (secondary N) is 1. The average molecular weight is 263 g/mol. The lowest BCUT2D eigenvalue weighted by Gasteiger charge is -2.39. The molecule has 1 aromatic heterocycles. The smallest absolute Gasteiger partial charge is 0.356 e.